The molecule has 0 bridgehead atoms. The molecule has 2 aromatic carbocycles. The van der Waals surface area contributed by atoms with Gasteiger partial charge in [-0.15, -0.1) is 0 Å². The van der Waals surface area contributed by atoms with Gasteiger partial charge in [-0.25, -0.2) is 9.13 Å². The van der Waals surface area contributed by atoms with Gasteiger partial charge in [0, 0.05) is 71.3 Å². The number of ketones is 1. The Morgan fingerprint density at radius 1 is 0.407 bits per heavy atom. The fourth-order valence-electron chi connectivity index (χ4n) is 4.71. The van der Waals surface area contributed by atoms with Gasteiger partial charge in [0.1, 0.15) is 0 Å². The number of pyridine rings is 4. The summed E-state index contributed by atoms with van der Waals surface area (Å²) >= 11 is 0. The zero-order chi connectivity index (χ0) is 40.0. The van der Waals surface area contributed by atoms with Gasteiger partial charge >= 0.3 is 66.0 Å². The summed E-state index contributed by atoms with van der Waals surface area (Å²) < 4.78 is 123. The van der Waals surface area contributed by atoms with Crippen molar-refractivity contribution >= 4 is 21.4 Å². The van der Waals surface area contributed by atoms with E-state index in [1.165, 1.54) is 0 Å². The van der Waals surface area contributed by atoms with Gasteiger partial charge in [0.05, 0.1) is 0 Å². The second-order valence-electron chi connectivity index (χ2n) is 11.6. The maximum Gasteiger partial charge on any atom is 0.193 e. The molecule has 6 aromatic rings. The summed E-state index contributed by atoms with van der Waals surface area (Å²) in [6.07, 6.45) is 15.5. The molecule has 0 unspecified atom stereocenters. The molecule has 288 valence electrons. The third kappa shape index (κ3) is 17.5. The van der Waals surface area contributed by atoms with Crippen LogP contribution in [0.25, 0.3) is 22.3 Å². The van der Waals surface area contributed by atoms with Crippen LogP contribution in [0.1, 0.15) is 27.0 Å². The summed E-state index contributed by atoms with van der Waals surface area (Å²) in [6, 6.07) is 32.2. The molecule has 0 spiro atoms. The van der Waals surface area contributed by atoms with E-state index in [-0.39, 0.29) is 5.78 Å². The second-order valence-corrected chi connectivity index (χ2v) is 15.5. The molecule has 0 saturated heterocycles. The minimum absolute atomic E-state index is 0.0295. The largest absolute Gasteiger partial charge is 0.289 e. The minimum atomic E-state index is -10.7. The van der Waals surface area contributed by atoms with Crippen molar-refractivity contribution in [3.05, 3.63) is 169 Å². The minimum Gasteiger partial charge on any atom is -0.289 e. The van der Waals surface area contributed by atoms with Crippen molar-refractivity contribution in [1.29, 1.82) is 0 Å². The maximum absolute atomic E-state index is 13.1. The van der Waals surface area contributed by atoms with E-state index in [2.05, 4.69) is 68.2 Å². The Labute approximate surface area is 299 Å². The van der Waals surface area contributed by atoms with Gasteiger partial charge in [0.2, 0.25) is 0 Å². The third-order valence-electron chi connectivity index (χ3n) is 6.97. The van der Waals surface area contributed by atoms with Crippen LogP contribution in [0.2, 0.25) is 0 Å². The molecule has 5 nitrogen and oxygen atoms in total. The molecule has 0 radical (unpaired) electrons. The van der Waals surface area contributed by atoms with Crippen molar-refractivity contribution in [2.75, 3.05) is 0 Å². The molecule has 4 aromatic heterocycles. The molecule has 54 heavy (non-hydrogen) atoms. The van der Waals surface area contributed by atoms with Gasteiger partial charge in [-0.2, -0.15) is 0 Å². The Bertz CT molecular complexity index is 1990. The molecule has 0 saturated carbocycles. The Kier molecular flexibility index (Phi) is 10.9. The van der Waals surface area contributed by atoms with Crippen LogP contribution in [0.4, 0.5) is 50.4 Å². The molecule has 0 aliphatic rings. The number of hydrogen-bond acceptors (Lipinski definition) is 3. The fraction of sp³-hybridized carbons (Fsp3) is 0.0571. The van der Waals surface area contributed by atoms with Crippen molar-refractivity contribution < 1.29 is 64.3 Å². The number of nitrogens with zero attached hydrogens (tertiary/aromatic N) is 4. The van der Waals surface area contributed by atoms with Gasteiger partial charge in [0.15, 0.2) is 43.7 Å². The quantitative estimate of drug-likeness (QED) is 0.0666. The van der Waals surface area contributed by atoms with Crippen LogP contribution < -0.4 is 9.13 Å². The standard InChI is InChI=1S/C35H28N4O.2F6P/c40-35(33-5-1-27(2-6-33)25-38-21-13-31(14-22-38)29-9-17-36-18-10-29)34-7-3-28(4-8-34)26-39-23-15-32(16-24-39)30-11-19-37-20-12-30;2*1-7(2,3,4,5)6/h1-24H,25-26H2;;/q+2;2*-1. The number of halogens is 12. The predicted octanol–water partition coefficient (Wildman–Crippen LogP) is 12.5. The van der Waals surface area contributed by atoms with Crippen molar-refractivity contribution in [3.8, 4) is 22.3 Å². The van der Waals surface area contributed by atoms with Gasteiger partial charge < -0.3 is 0 Å². The van der Waals surface area contributed by atoms with Gasteiger partial charge in [0.25, 0.3) is 0 Å². The molecule has 0 aliphatic heterocycles. The molecule has 0 aliphatic carbocycles. The molecule has 4 heterocycles. The van der Waals surface area contributed by atoms with E-state index in [9.17, 15) is 55.2 Å². The Morgan fingerprint density at radius 3 is 0.907 bits per heavy atom. The average Bonchev–Trinajstić information content (AvgIpc) is 3.07. The first-order valence-electron chi connectivity index (χ1n) is 15.3. The molecule has 0 atom stereocenters. The number of benzene rings is 2. The van der Waals surface area contributed by atoms with Crippen molar-refractivity contribution in [2.45, 2.75) is 13.1 Å². The van der Waals surface area contributed by atoms with Crippen LogP contribution in [0.15, 0.2) is 147 Å². The third-order valence-corrected chi connectivity index (χ3v) is 6.97. The van der Waals surface area contributed by atoms with Crippen LogP contribution in [0.5, 0.6) is 0 Å². The predicted molar refractivity (Wildman–Crippen MR) is 181 cm³/mol. The topological polar surface area (TPSA) is 50.6 Å². The zero-order valence-corrected chi connectivity index (χ0v) is 29.2. The van der Waals surface area contributed by atoms with E-state index in [0.29, 0.717) is 11.1 Å². The van der Waals surface area contributed by atoms with E-state index < -0.39 is 15.6 Å². The number of rotatable bonds is 8. The second kappa shape index (κ2) is 14.2. The first-order valence-corrected chi connectivity index (χ1v) is 19.3. The molecular weight excluding hydrogens is 782 g/mol. The molecule has 6 rings (SSSR count). The number of carbonyl (C=O) groups is 1. The van der Waals surface area contributed by atoms with Gasteiger partial charge in [-0.1, -0.05) is 48.5 Å². The molecule has 19 heteroatoms. The van der Waals surface area contributed by atoms with Crippen molar-refractivity contribution in [1.82, 2.24) is 9.97 Å². The van der Waals surface area contributed by atoms with Crippen LogP contribution in [-0.4, -0.2) is 15.8 Å². The molecular formula is C35H28F12N4OP2. The van der Waals surface area contributed by atoms with Crippen molar-refractivity contribution in [2.24, 2.45) is 0 Å². The Hall–Kier alpha value is -5.27. The fourth-order valence-corrected chi connectivity index (χ4v) is 4.71. The van der Waals surface area contributed by atoms with Crippen molar-refractivity contribution in [3.63, 3.8) is 0 Å². The first kappa shape index (κ1) is 41.5. The summed E-state index contributed by atoms with van der Waals surface area (Å²) in [5.41, 5.74) is 8.26. The Balaban J connectivity index is 0.000000396. The summed E-state index contributed by atoms with van der Waals surface area (Å²) in [4.78, 5) is 21.3. The van der Waals surface area contributed by atoms with Crippen LogP contribution >= 0.6 is 15.6 Å². The SMILES string of the molecule is F[P-](F)(F)(F)(F)F.F[P-](F)(F)(F)(F)F.O=C(c1ccc(C[n+]2ccc(-c3ccncc3)cc2)cc1)c1ccc(C[n+]2ccc(-c3ccncc3)cc2)cc1. The molecule has 0 N–H and O–H groups in total. The summed E-state index contributed by atoms with van der Waals surface area (Å²) in [5, 5.41) is 0. The van der Waals surface area contributed by atoms with Gasteiger partial charge in [-0.3, -0.25) is 14.8 Å². The monoisotopic (exact) mass is 810 g/mol. The number of aromatic nitrogens is 4. The van der Waals surface area contributed by atoms with E-state index >= 15 is 0 Å². The molecule has 0 amide bonds. The van der Waals surface area contributed by atoms with E-state index in [1.807, 2.05) is 72.8 Å². The van der Waals surface area contributed by atoms with E-state index in [1.54, 1.807) is 24.8 Å². The van der Waals surface area contributed by atoms with Crippen LogP contribution in [0, 0.1) is 0 Å². The number of hydrogen-bond donors (Lipinski definition) is 0. The van der Waals surface area contributed by atoms with Gasteiger partial charge in [-0.05, 0) is 46.5 Å². The Morgan fingerprint density at radius 2 is 0.648 bits per heavy atom. The summed E-state index contributed by atoms with van der Waals surface area (Å²) in [5.74, 6) is 0.0295. The summed E-state index contributed by atoms with van der Waals surface area (Å²) in [6.45, 7) is 1.47. The maximum atomic E-state index is 13.1. The van der Waals surface area contributed by atoms with E-state index in [0.717, 1.165) is 46.5 Å². The first-order chi connectivity index (χ1) is 24.6. The van der Waals surface area contributed by atoms with Crippen LogP contribution in [-0.2, 0) is 13.1 Å². The molecule has 0 fully saturated rings. The van der Waals surface area contributed by atoms with Crippen LogP contribution in [0.3, 0.4) is 0 Å². The number of carbonyl (C=O) groups excluding carboxylic acids is 1. The van der Waals surface area contributed by atoms with E-state index in [4.69, 9.17) is 0 Å². The zero-order valence-electron chi connectivity index (χ0n) is 27.4. The average molecular weight is 811 g/mol. The normalized spacial score (nSPS) is 14.0. The summed E-state index contributed by atoms with van der Waals surface area (Å²) in [7, 11) is -21.3. The smallest absolute Gasteiger partial charge is 0.193 e.